The van der Waals surface area contributed by atoms with Gasteiger partial charge in [0, 0.05) is 19.3 Å². The van der Waals surface area contributed by atoms with Crippen molar-refractivity contribution in [1.82, 2.24) is 5.32 Å². The van der Waals surface area contributed by atoms with Gasteiger partial charge in [-0.05, 0) is 53.2 Å². The molecule has 1 aliphatic rings. The highest BCUT2D eigenvalue weighted by Gasteiger charge is 2.36. The average molecular weight is 531 g/mol. The molecule has 11 heteroatoms. The number of anilines is 2. The van der Waals surface area contributed by atoms with E-state index in [0.29, 0.717) is 34.4 Å². The Kier molecular flexibility index (Phi) is 7.71. The van der Waals surface area contributed by atoms with Crippen LogP contribution in [0.15, 0.2) is 34.1 Å². The highest BCUT2D eigenvalue weighted by atomic mass is 79.9. The van der Waals surface area contributed by atoms with Crippen LogP contribution in [0.1, 0.15) is 16.6 Å². The third-order valence-electron chi connectivity index (χ3n) is 4.60. The summed E-state index contributed by atoms with van der Waals surface area (Å²) in [7, 11) is 1.45. The van der Waals surface area contributed by atoms with Crippen molar-refractivity contribution in [3.63, 3.8) is 0 Å². The van der Waals surface area contributed by atoms with Gasteiger partial charge in [0.2, 0.25) is 0 Å². The van der Waals surface area contributed by atoms with Gasteiger partial charge in [0.1, 0.15) is 12.1 Å². The minimum absolute atomic E-state index is 0.00466. The Labute approximate surface area is 197 Å². The lowest BCUT2D eigenvalue weighted by Gasteiger charge is -2.29. The summed E-state index contributed by atoms with van der Waals surface area (Å²) in [5.41, 5.74) is -0.354. The smallest absolute Gasteiger partial charge is 0.262 e. The first-order valence-electron chi connectivity index (χ1n) is 9.29. The highest BCUT2D eigenvalue weighted by molar-refractivity contribution is 9.11. The first-order valence-corrected chi connectivity index (χ1v) is 11.3. The minimum atomic E-state index is -1.33. The lowest BCUT2D eigenvalue weighted by atomic mass is 10.0. The number of halogens is 2. The molecule has 166 valence electrons. The van der Waals surface area contributed by atoms with Crippen LogP contribution in [0.5, 0.6) is 0 Å². The molecular weight excluding hydrogens is 510 g/mol. The van der Waals surface area contributed by atoms with Gasteiger partial charge in [-0.15, -0.1) is 11.3 Å². The molecule has 2 aromatic rings. The molecule has 1 saturated heterocycles. The zero-order valence-corrected chi connectivity index (χ0v) is 20.0. The lowest BCUT2D eigenvalue weighted by Crippen LogP contribution is -2.57. The predicted molar refractivity (Wildman–Crippen MR) is 123 cm³/mol. The molecule has 2 N–H and O–H groups in total. The largest absolute Gasteiger partial charge is 0.382 e. The van der Waals surface area contributed by atoms with E-state index < -0.39 is 11.4 Å². The van der Waals surface area contributed by atoms with Gasteiger partial charge in [-0.25, -0.2) is 0 Å². The number of morpholine rings is 1. The quantitative estimate of drug-likeness (QED) is 0.573. The van der Waals surface area contributed by atoms with Gasteiger partial charge < -0.3 is 25.0 Å². The number of ether oxygens (including phenoxy) is 2. The standard InChI is InChI=1S/C20H21BrClN3O5S/c1-20(11-29-2,24-18(27)15-5-6-16(21)31-15)19(28)23-12-3-4-14(13(22)9-12)25-7-8-30-10-17(25)26/h3-6,9H,7-8,10-11H2,1-2H3,(H,23,28)(H,24,27)/t20-/m0/s1. The van der Waals surface area contributed by atoms with Gasteiger partial charge in [0.05, 0.1) is 32.6 Å². The number of nitrogens with zero attached hydrogens (tertiary/aromatic N) is 1. The molecule has 1 atom stereocenters. The fourth-order valence-electron chi connectivity index (χ4n) is 3.04. The molecule has 8 nitrogen and oxygen atoms in total. The summed E-state index contributed by atoms with van der Waals surface area (Å²) in [6, 6.07) is 8.30. The van der Waals surface area contributed by atoms with Gasteiger partial charge in [-0.1, -0.05) is 11.6 Å². The van der Waals surface area contributed by atoms with Crippen LogP contribution in [-0.2, 0) is 19.1 Å². The summed E-state index contributed by atoms with van der Waals surface area (Å²) in [5.74, 6) is -1.03. The number of rotatable bonds is 7. The summed E-state index contributed by atoms with van der Waals surface area (Å²) < 4.78 is 11.1. The third kappa shape index (κ3) is 5.64. The Morgan fingerprint density at radius 2 is 2.13 bits per heavy atom. The molecule has 31 heavy (non-hydrogen) atoms. The van der Waals surface area contributed by atoms with Gasteiger partial charge in [-0.3, -0.25) is 14.4 Å². The zero-order chi connectivity index (χ0) is 22.6. The second-order valence-corrected chi connectivity index (χ2v) is 9.91. The first-order chi connectivity index (χ1) is 14.7. The topological polar surface area (TPSA) is 97.0 Å². The number of methoxy groups -OCH3 is 1. The van der Waals surface area contributed by atoms with E-state index in [1.807, 2.05) is 0 Å². The van der Waals surface area contributed by atoms with Crippen molar-refractivity contribution >= 4 is 68.0 Å². The van der Waals surface area contributed by atoms with E-state index in [1.165, 1.54) is 18.4 Å². The van der Waals surface area contributed by atoms with Crippen molar-refractivity contribution in [3.05, 3.63) is 44.0 Å². The molecule has 1 aliphatic heterocycles. The van der Waals surface area contributed by atoms with E-state index in [1.54, 1.807) is 42.2 Å². The van der Waals surface area contributed by atoms with E-state index in [-0.39, 0.29) is 25.0 Å². The van der Waals surface area contributed by atoms with Crippen LogP contribution in [0, 0.1) is 0 Å². The molecule has 3 amide bonds. The van der Waals surface area contributed by atoms with E-state index >= 15 is 0 Å². The molecule has 0 saturated carbocycles. The molecule has 1 aromatic heterocycles. The van der Waals surface area contributed by atoms with Gasteiger partial charge in [0.25, 0.3) is 17.7 Å². The predicted octanol–water partition coefficient (Wildman–Crippen LogP) is 3.30. The highest BCUT2D eigenvalue weighted by Crippen LogP contribution is 2.30. The van der Waals surface area contributed by atoms with Crippen LogP contribution >= 0.6 is 38.9 Å². The van der Waals surface area contributed by atoms with E-state index in [9.17, 15) is 14.4 Å². The van der Waals surface area contributed by atoms with Gasteiger partial charge in [0.15, 0.2) is 0 Å². The normalized spacial score (nSPS) is 16.0. The minimum Gasteiger partial charge on any atom is -0.382 e. The Balaban J connectivity index is 1.74. The average Bonchev–Trinajstić information content (AvgIpc) is 3.15. The summed E-state index contributed by atoms with van der Waals surface area (Å²) in [4.78, 5) is 39.7. The summed E-state index contributed by atoms with van der Waals surface area (Å²) in [6.45, 7) is 2.38. The molecule has 0 unspecified atom stereocenters. The van der Waals surface area contributed by atoms with Crippen LogP contribution < -0.4 is 15.5 Å². The number of hydrogen-bond acceptors (Lipinski definition) is 6. The third-order valence-corrected chi connectivity index (χ3v) is 6.53. The second-order valence-electron chi connectivity index (χ2n) is 7.04. The second kappa shape index (κ2) is 10.1. The number of thiophene rings is 1. The molecule has 0 bridgehead atoms. The number of hydrogen-bond donors (Lipinski definition) is 2. The first kappa shape index (κ1) is 23.7. The number of carbonyl (C=O) groups is 3. The van der Waals surface area contributed by atoms with Crippen LogP contribution in [0.2, 0.25) is 5.02 Å². The Hall–Kier alpha value is -1.98. The molecule has 0 radical (unpaired) electrons. The number of nitrogens with one attached hydrogen (secondary N) is 2. The molecule has 1 aromatic carbocycles. The fraction of sp³-hybridized carbons (Fsp3) is 0.350. The van der Waals surface area contributed by atoms with Crippen molar-refractivity contribution in [2.75, 3.05) is 43.7 Å². The number of carbonyl (C=O) groups excluding carboxylic acids is 3. The van der Waals surface area contributed by atoms with Gasteiger partial charge >= 0.3 is 0 Å². The summed E-state index contributed by atoms with van der Waals surface area (Å²) in [6.07, 6.45) is 0. The van der Waals surface area contributed by atoms with Crippen LogP contribution in [0.3, 0.4) is 0 Å². The Bertz CT molecular complexity index is 1000. The Morgan fingerprint density at radius 3 is 2.74 bits per heavy atom. The molecule has 2 heterocycles. The maximum atomic E-state index is 13.0. The zero-order valence-electron chi connectivity index (χ0n) is 16.9. The van der Waals surface area contributed by atoms with Crippen molar-refractivity contribution in [1.29, 1.82) is 0 Å². The van der Waals surface area contributed by atoms with Crippen molar-refractivity contribution in [3.8, 4) is 0 Å². The maximum absolute atomic E-state index is 13.0. The Morgan fingerprint density at radius 1 is 1.35 bits per heavy atom. The van der Waals surface area contributed by atoms with Crippen LogP contribution in [-0.4, -0.2) is 56.7 Å². The molecule has 0 aliphatic carbocycles. The fourth-order valence-corrected chi connectivity index (χ4v) is 4.60. The van der Waals surface area contributed by atoms with E-state index in [4.69, 9.17) is 21.1 Å². The number of amides is 3. The summed E-state index contributed by atoms with van der Waals surface area (Å²) >= 11 is 11.0. The van der Waals surface area contributed by atoms with E-state index in [0.717, 1.165) is 3.79 Å². The lowest BCUT2D eigenvalue weighted by molar-refractivity contribution is -0.125. The van der Waals surface area contributed by atoms with Gasteiger partial charge in [-0.2, -0.15) is 0 Å². The monoisotopic (exact) mass is 529 g/mol. The number of benzene rings is 1. The van der Waals surface area contributed by atoms with E-state index in [2.05, 4.69) is 26.6 Å². The van der Waals surface area contributed by atoms with Crippen molar-refractivity contribution in [2.45, 2.75) is 12.5 Å². The maximum Gasteiger partial charge on any atom is 0.262 e. The van der Waals surface area contributed by atoms with Crippen molar-refractivity contribution < 1.29 is 23.9 Å². The molecule has 1 fully saturated rings. The molecular formula is C20H21BrClN3O5S. The molecule has 3 rings (SSSR count). The van der Waals surface area contributed by atoms with Crippen LogP contribution in [0.4, 0.5) is 11.4 Å². The summed E-state index contributed by atoms with van der Waals surface area (Å²) in [5, 5.41) is 5.81. The van der Waals surface area contributed by atoms with Crippen molar-refractivity contribution in [2.24, 2.45) is 0 Å². The molecule has 0 spiro atoms. The van der Waals surface area contributed by atoms with Crippen LogP contribution in [0.25, 0.3) is 0 Å². The SMILES string of the molecule is COC[C@](C)(NC(=O)c1ccc(Br)s1)C(=O)Nc1ccc(N2CCOCC2=O)c(Cl)c1.